The van der Waals surface area contributed by atoms with Crippen molar-refractivity contribution in [3.05, 3.63) is 30.3 Å². The second-order valence-corrected chi connectivity index (χ2v) is 4.64. The molecule has 3 nitrogen and oxygen atoms in total. The molecule has 3 N–H and O–H groups in total. The van der Waals surface area contributed by atoms with Crippen molar-refractivity contribution >= 4 is 11.5 Å². The number of benzene rings is 1. The van der Waals surface area contributed by atoms with Crippen molar-refractivity contribution < 1.29 is 4.79 Å². The van der Waals surface area contributed by atoms with Gasteiger partial charge in [0.2, 0.25) is 0 Å². The molecule has 1 aromatic carbocycles. The molecule has 94 valence electrons. The summed E-state index contributed by atoms with van der Waals surface area (Å²) in [6.07, 6.45) is 1.79. The van der Waals surface area contributed by atoms with Crippen molar-refractivity contribution in [2.75, 3.05) is 11.9 Å². The Kier molecular flexibility index (Phi) is 5.70. The summed E-state index contributed by atoms with van der Waals surface area (Å²) in [4.78, 5) is 11.0. The largest absolute Gasteiger partial charge is 0.385 e. The van der Waals surface area contributed by atoms with Gasteiger partial charge in [-0.1, -0.05) is 25.1 Å². The summed E-state index contributed by atoms with van der Waals surface area (Å²) in [5, 5.41) is 3.35. The SMILES string of the molecule is CC(=O)C(N)CC(C)CCNc1ccccc1. The molecule has 0 fully saturated rings. The molecule has 0 spiro atoms. The highest BCUT2D eigenvalue weighted by Gasteiger charge is 2.12. The molecule has 0 bridgehead atoms. The van der Waals surface area contributed by atoms with Crippen LogP contribution in [-0.4, -0.2) is 18.4 Å². The number of para-hydroxylation sites is 1. The van der Waals surface area contributed by atoms with Gasteiger partial charge in [0.15, 0.2) is 0 Å². The van der Waals surface area contributed by atoms with Gasteiger partial charge in [-0.3, -0.25) is 4.79 Å². The molecule has 1 aromatic rings. The van der Waals surface area contributed by atoms with Gasteiger partial charge in [0, 0.05) is 12.2 Å². The number of hydrogen-bond donors (Lipinski definition) is 2. The molecular weight excluding hydrogens is 212 g/mol. The van der Waals surface area contributed by atoms with Crippen LogP contribution in [0.4, 0.5) is 5.69 Å². The fraction of sp³-hybridized carbons (Fsp3) is 0.500. The lowest BCUT2D eigenvalue weighted by molar-refractivity contribution is -0.118. The maximum absolute atomic E-state index is 11.0. The van der Waals surface area contributed by atoms with E-state index in [1.807, 2.05) is 30.3 Å². The van der Waals surface area contributed by atoms with E-state index in [2.05, 4.69) is 12.2 Å². The number of Topliss-reactive ketones (excluding diaryl/α,β-unsaturated/α-hetero) is 1. The molecule has 0 aliphatic carbocycles. The van der Waals surface area contributed by atoms with Gasteiger partial charge < -0.3 is 11.1 Å². The molecule has 17 heavy (non-hydrogen) atoms. The number of carbonyl (C=O) groups is 1. The minimum atomic E-state index is -0.304. The normalized spacial score (nSPS) is 14.1. The second-order valence-electron chi connectivity index (χ2n) is 4.64. The van der Waals surface area contributed by atoms with Crippen LogP contribution in [0, 0.1) is 5.92 Å². The Bertz CT molecular complexity index is 337. The molecule has 0 aliphatic rings. The first-order valence-corrected chi connectivity index (χ1v) is 6.14. The lowest BCUT2D eigenvalue weighted by Crippen LogP contribution is -2.30. The Balaban J connectivity index is 2.20. The van der Waals surface area contributed by atoms with E-state index in [9.17, 15) is 4.79 Å². The highest BCUT2D eigenvalue weighted by atomic mass is 16.1. The molecule has 2 unspecified atom stereocenters. The third-order valence-corrected chi connectivity index (χ3v) is 2.92. The number of carbonyl (C=O) groups excluding carboxylic acids is 1. The summed E-state index contributed by atoms with van der Waals surface area (Å²) in [6.45, 7) is 4.60. The van der Waals surface area contributed by atoms with Crippen LogP contribution in [-0.2, 0) is 4.79 Å². The van der Waals surface area contributed by atoms with Crippen molar-refractivity contribution in [3.63, 3.8) is 0 Å². The first kappa shape index (κ1) is 13.7. The zero-order valence-corrected chi connectivity index (χ0v) is 10.6. The van der Waals surface area contributed by atoms with Crippen molar-refractivity contribution in [3.8, 4) is 0 Å². The summed E-state index contributed by atoms with van der Waals surface area (Å²) in [7, 11) is 0. The number of rotatable bonds is 7. The van der Waals surface area contributed by atoms with E-state index in [-0.39, 0.29) is 11.8 Å². The Morgan fingerprint density at radius 2 is 2.00 bits per heavy atom. The van der Waals surface area contributed by atoms with Gasteiger partial charge in [-0.25, -0.2) is 0 Å². The topological polar surface area (TPSA) is 55.1 Å². The monoisotopic (exact) mass is 234 g/mol. The quantitative estimate of drug-likeness (QED) is 0.762. The van der Waals surface area contributed by atoms with E-state index in [0.717, 1.165) is 25.1 Å². The minimum Gasteiger partial charge on any atom is -0.385 e. The molecule has 1 rings (SSSR count). The van der Waals surface area contributed by atoms with Crippen LogP contribution in [0.5, 0.6) is 0 Å². The van der Waals surface area contributed by atoms with Crippen LogP contribution in [0.15, 0.2) is 30.3 Å². The van der Waals surface area contributed by atoms with Crippen LogP contribution in [0.2, 0.25) is 0 Å². The van der Waals surface area contributed by atoms with E-state index in [4.69, 9.17) is 5.73 Å². The smallest absolute Gasteiger partial charge is 0.146 e. The highest BCUT2D eigenvalue weighted by Crippen LogP contribution is 2.11. The minimum absolute atomic E-state index is 0.0767. The zero-order valence-electron chi connectivity index (χ0n) is 10.6. The van der Waals surface area contributed by atoms with Gasteiger partial charge >= 0.3 is 0 Å². The Morgan fingerprint density at radius 1 is 1.35 bits per heavy atom. The van der Waals surface area contributed by atoms with Crippen LogP contribution in [0.25, 0.3) is 0 Å². The third-order valence-electron chi connectivity index (χ3n) is 2.92. The molecule has 0 radical (unpaired) electrons. The molecule has 0 saturated heterocycles. The number of anilines is 1. The van der Waals surface area contributed by atoms with E-state index < -0.39 is 0 Å². The van der Waals surface area contributed by atoms with E-state index in [1.165, 1.54) is 0 Å². The molecule has 2 atom stereocenters. The number of nitrogens with one attached hydrogen (secondary N) is 1. The van der Waals surface area contributed by atoms with Gasteiger partial charge in [0.25, 0.3) is 0 Å². The van der Waals surface area contributed by atoms with Gasteiger partial charge in [0.1, 0.15) is 5.78 Å². The van der Waals surface area contributed by atoms with Crippen molar-refractivity contribution in [1.82, 2.24) is 0 Å². The Hall–Kier alpha value is -1.35. The molecular formula is C14H22N2O. The van der Waals surface area contributed by atoms with Gasteiger partial charge in [-0.15, -0.1) is 0 Å². The molecule has 0 amide bonds. The second kappa shape index (κ2) is 7.07. The first-order chi connectivity index (χ1) is 8.09. The lowest BCUT2D eigenvalue weighted by Gasteiger charge is -2.15. The molecule has 0 saturated carbocycles. The lowest BCUT2D eigenvalue weighted by atomic mass is 9.97. The predicted molar refractivity (Wildman–Crippen MR) is 72.0 cm³/mol. The number of nitrogens with two attached hydrogens (primary N) is 1. The van der Waals surface area contributed by atoms with Gasteiger partial charge in [0.05, 0.1) is 6.04 Å². The average Bonchev–Trinajstić information content (AvgIpc) is 2.30. The Labute approximate surface area is 103 Å². The summed E-state index contributed by atoms with van der Waals surface area (Å²) in [5.41, 5.74) is 6.87. The summed E-state index contributed by atoms with van der Waals surface area (Å²) in [5.74, 6) is 0.540. The van der Waals surface area contributed by atoms with Crippen molar-refractivity contribution in [2.45, 2.75) is 32.7 Å². The summed E-state index contributed by atoms with van der Waals surface area (Å²) in [6, 6.07) is 9.81. The standard InChI is InChI=1S/C14H22N2O/c1-11(10-14(15)12(2)17)8-9-16-13-6-4-3-5-7-13/h3-7,11,14,16H,8-10,15H2,1-2H3. The van der Waals surface area contributed by atoms with Crippen LogP contribution in [0.1, 0.15) is 26.7 Å². The van der Waals surface area contributed by atoms with Crippen molar-refractivity contribution in [1.29, 1.82) is 0 Å². The molecule has 0 aliphatic heterocycles. The van der Waals surface area contributed by atoms with Gasteiger partial charge in [-0.2, -0.15) is 0 Å². The number of ketones is 1. The molecule has 3 heteroatoms. The fourth-order valence-electron chi connectivity index (χ4n) is 1.74. The third kappa shape index (κ3) is 5.50. The first-order valence-electron chi connectivity index (χ1n) is 6.14. The van der Waals surface area contributed by atoms with Gasteiger partial charge in [-0.05, 0) is 37.8 Å². The summed E-state index contributed by atoms with van der Waals surface area (Å²) >= 11 is 0. The highest BCUT2D eigenvalue weighted by molar-refractivity contribution is 5.81. The van der Waals surface area contributed by atoms with Crippen molar-refractivity contribution in [2.24, 2.45) is 11.7 Å². The Morgan fingerprint density at radius 3 is 2.59 bits per heavy atom. The molecule has 0 aromatic heterocycles. The van der Waals surface area contributed by atoms with Crippen LogP contribution < -0.4 is 11.1 Å². The summed E-state index contributed by atoms with van der Waals surface area (Å²) < 4.78 is 0. The van der Waals surface area contributed by atoms with E-state index in [0.29, 0.717) is 5.92 Å². The maximum atomic E-state index is 11.0. The number of hydrogen-bond acceptors (Lipinski definition) is 3. The average molecular weight is 234 g/mol. The predicted octanol–water partition coefficient (Wildman–Crippen LogP) is 2.43. The van der Waals surface area contributed by atoms with Crippen LogP contribution >= 0.6 is 0 Å². The maximum Gasteiger partial charge on any atom is 0.146 e. The van der Waals surface area contributed by atoms with E-state index in [1.54, 1.807) is 6.92 Å². The zero-order chi connectivity index (χ0) is 12.7. The van der Waals surface area contributed by atoms with E-state index >= 15 is 0 Å². The fourth-order valence-corrected chi connectivity index (χ4v) is 1.74. The molecule has 0 heterocycles. The van der Waals surface area contributed by atoms with Crippen LogP contribution in [0.3, 0.4) is 0 Å².